The Morgan fingerprint density at radius 2 is 1.58 bits per heavy atom. The zero-order valence-corrected chi connectivity index (χ0v) is 17.3. The first kappa shape index (κ1) is 23.5. The van der Waals surface area contributed by atoms with E-state index in [1.165, 1.54) is 36.4 Å². The number of phenols is 2. The Balaban J connectivity index is 1.46. The maximum atomic E-state index is 10.5. The summed E-state index contributed by atoms with van der Waals surface area (Å²) in [4.78, 5) is 0. The number of aliphatic hydroxyl groups is 6. The molecule has 2 aromatic rings. The molecule has 1 saturated heterocycles. The molecule has 8 unspecified atom stereocenters. The second kappa shape index (κ2) is 9.31. The van der Waals surface area contributed by atoms with E-state index in [4.69, 9.17) is 14.2 Å². The van der Waals surface area contributed by atoms with Gasteiger partial charge in [0, 0.05) is 18.1 Å². The van der Waals surface area contributed by atoms with Crippen LogP contribution in [0.4, 0.5) is 0 Å². The zero-order valence-electron chi connectivity index (χ0n) is 17.3. The second-order valence-corrected chi connectivity index (χ2v) is 8.12. The fourth-order valence-corrected chi connectivity index (χ4v) is 3.96. The maximum absolute atomic E-state index is 10.5. The van der Waals surface area contributed by atoms with Crippen LogP contribution in [0.3, 0.4) is 0 Å². The molecule has 11 nitrogen and oxygen atoms in total. The topological polar surface area (TPSA) is 190 Å². The van der Waals surface area contributed by atoms with Gasteiger partial charge < -0.3 is 55.1 Å². The van der Waals surface area contributed by atoms with Crippen molar-refractivity contribution >= 4 is 0 Å². The summed E-state index contributed by atoms with van der Waals surface area (Å²) in [5, 5.41) is 79.9. The van der Waals surface area contributed by atoms with Crippen molar-refractivity contribution in [2.45, 2.75) is 55.4 Å². The van der Waals surface area contributed by atoms with E-state index in [0.717, 1.165) is 0 Å². The molecule has 0 aliphatic carbocycles. The number of hydrogen-bond donors (Lipinski definition) is 8. The normalized spacial score (nSPS) is 33.8. The first-order valence-electron chi connectivity index (χ1n) is 10.3. The van der Waals surface area contributed by atoms with Crippen LogP contribution in [0.2, 0.25) is 0 Å². The Labute approximate surface area is 188 Å². The molecule has 180 valence electrons. The predicted molar refractivity (Wildman–Crippen MR) is 110 cm³/mol. The fraction of sp³-hybridized carbons (Fsp3) is 0.455. The third-order valence-corrected chi connectivity index (χ3v) is 5.87. The summed E-state index contributed by atoms with van der Waals surface area (Å²) in [6, 6.07) is 8.35. The Morgan fingerprint density at radius 1 is 0.818 bits per heavy atom. The highest BCUT2D eigenvalue weighted by Gasteiger charge is 2.44. The molecule has 0 bridgehead atoms. The van der Waals surface area contributed by atoms with Gasteiger partial charge in [-0.05, 0) is 29.8 Å². The molecule has 0 radical (unpaired) electrons. The molecule has 0 spiro atoms. The summed E-state index contributed by atoms with van der Waals surface area (Å²) >= 11 is 0. The summed E-state index contributed by atoms with van der Waals surface area (Å²) in [6.07, 6.45) is -10.7. The number of fused-ring (bicyclic) bond motifs is 1. The molecule has 0 aromatic heterocycles. The average molecular weight is 466 g/mol. The number of hydrogen-bond acceptors (Lipinski definition) is 11. The van der Waals surface area contributed by atoms with Gasteiger partial charge in [-0.3, -0.25) is 0 Å². The molecule has 33 heavy (non-hydrogen) atoms. The molecule has 0 amide bonds. The van der Waals surface area contributed by atoms with Crippen molar-refractivity contribution in [3.63, 3.8) is 0 Å². The van der Waals surface area contributed by atoms with Crippen LogP contribution >= 0.6 is 0 Å². The lowest BCUT2D eigenvalue weighted by atomic mass is 9.92. The van der Waals surface area contributed by atoms with Crippen LogP contribution in [0.1, 0.15) is 17.2 Å². The van der Waals surface area contributed by atoms with Gasteiger partial charge in [0.1, 0.15) is 65.7 Å². The first-order valence-corrected chi connectivity index (χ1v) is 10.3. The van der Waals surface area contributed by atoms with Crippen LogP contribution in [-0.4, -0.2) is 90.4 Å². The van der Waals surface area contributed by atoms with Gasteiger partial charge in [0.15, 0.2) is 0 Å². The predicted octanol–water partition coefficient (Wildman–Crippen LogP) is -1.33. The smallest absolute Gasteiger partial charge is 0.229 e. The zero-order chi connectivity index (χ0) is 23.9. The molecule has 4 rings (SSSR count). The molecule has 2 aliphatic heterocycles. The van der Waals surface area contributed by atoms with Crippen LogP contribution in [0.15, 0.2) is 36.4 Å². The van der Waals surface area contributed by atoms with E-state index < -0.39 is 55.6 Å². The van der Waals surface area contributed by atoms with Crippen molar-refractivity contribution < 1.29 is 55.1 Å². The number of aliphatic hydroxyl groups excluding tert-OH is 6. The molecule has 11 heteroatoms. The number of ether oxygens (including phenoxy) is 3. The minimum atomic E-state index is -1.60. The Bertz CT molecular complexity index is 981. The van der Waals surface area contributed by atoms with Crippen molar-refractivity contribution in [2.75, 3.05) is 6.61 Å². The van der Waals surface area contributed by atoms with Gasteiger partial charge in [-0.15, -0.1) is 0 Å². The monoisotopic (exact) mass is 466 g/mol. The molecular formula is C22H26O11. The highest BCUT2D eigenvalue weighted by atomic mass is 16.7. The van der Waals surface area contributed by atoms with Gasteiger partial charge in [0.05, 0.1) is 6.61 Å². The van der Waals surface area contributed by atoms with Gasteiger partial charge in [-0.1, -0.05) is 6.07 Å². The third-order valence-electron chi connectivity index (χ3n) is 5.87. The van der Waals surface area contributed by atoms with Gasteiger partial charge in [-0.2, -0.15) is 0 Å². The Hall–Kier alpha value is -2.64. The number of rotatable bonds is 5. The van der Waals surface area contributed by atoms with Gasteiger partial charge in [0.25, 0.3) is 0 Å². The second-order valence-electron chi connectivity index (χ2n) is 8.12. The highest BCUT2D eigenvalue weighted by molar-refractivity contribution is 5.44. The summed E-state index contributed by atoms with van der Waals surface area (Å²) in [6.45, 7) is -0.604. The molecule has 2 aromatic carbocycles. The standard InChI is InChI=1S/C22H26O11/c23-8-16-19(28)20(29)21(30)22(33-16)31-11-3-1-9(13(25)7-11)5-15-18(27)17(26)12-6-10(24)2-4-14(12)32-15/h1-4,6-7,15-30H,5,8H2. The molecule has 8 atom stereocenters. The molecule has 0 saturated carbocycles. The summed E-state index contributed by atoms with van der Waals surface area (Å²) in [5.74, 6) is 0.0813. The SMILES string of the molecule is OCC1OC(Oc2ccc(CC3Oc4ccc(O)cc4C(O)C3O)c(O)c2)C(O)C(O)C1O. The van der Waals surface area contributed by atoms with Crippen LogP contribution in [-0.2, 0) is 11.2 Å². The highest BCUT2D eigenvalue weighted by Crippen LogP contribution is 2.39. The van der Waals surface area contributed by atoms with Gasteiger partial charge in [0.2, 0.25) is 6.29 Å². The van der Waals surface area contributed by atoms with E-state index in [9.17, 15) is 40.9 Å². The largest absolute Gasteiger partial charge is 0.508 e. The van der Waals surface area contributed by atoms with Gasteiger partial charge >= 0.3 is 0 Å². The lowest BCUT2D eigenvalue weighted by Crippen LogP contribution is -2.60. The van der Waals surface area contributed by atoms with Crippen LogP contribution in [0, 0.1) is 0 Å². The van der Waals surface area contributed by atoms with Gasteiger partial charge in [-0.25, -0.2) is 0 Å². The summed E-state index contributed by atoms with van der Waals surface area (Å²) in [5.41, 5.74) is 0.626. The maximum Gasteiger partial charge on any atom is 0.229 e. The van der Waals surface area contributed by atoms with Crippen molar-refractivity contribution in [1.82, 2.24) is 0 Å². The van der Waals surface area contributed by atoms with E-state index in [0.29, 0.717) is 11.3 Å². The molecule has 1 fully saturated rings. The summed E-state index contributed by atoms with van der Waals surface area (Å²) < 4.78 is 16.5. The van der Waals surface area contributed by atoms with Crippen molar-refractivity contribution in [3.05, 3.63) is 47.5 Å². The van der Waals surface area contributed by atoms with E-state index in [1.807, 2.05) is 0 Å². The van der Waals surface area contributed by atoms with E-state index >= 15 is 0 Å². The number of benzene rings is 2. The van der Waals surface area contributed by atoms with Crippen molar-refractivity contribution in [3.8, 4) is 23.0 Å². The Kier molecular flexibility index (Phi) is 6.64. The lowest BCUT2D eigenvalue weighted by Gasteiger charge is -2.39. The minimum absolute atomic E-state index is 0.0324. The van der Waals surface area contributed by atoms with Crippen molar-refractivity contribution in [1.29, 1.82) is 0 Å². The quantitative estimate of drug-likeness (QED) is 0.261. The third kappa shape index (κ3) is 4.57. The molecular weight excluding hydrogens is 440 g/mol. The number of aromatic hydroxyl groups is 2. The fourth-order valence-electron chi connectivity index (χ4n) is 3.96. The van der Waals surface area contributed by atoms with Crippen molar-refractivity contribution in [2.24, 2.45) is 0 Å². The number of phenolic OH excluding ortho intramolecular Hbond substituents is 2. The van der Waals surface area contributed by atoms with E-state index in [2.05, 4.69) is 0 Å². The average Bonchev–Trinajstić information content (AvgIpc) is 2.79. The molecule has 2 heterocycles. The molecule has 2 aliphatic rings. The van der Waals surface area contributed by atoms with Crippen LogP contribution in [0.25, 0.3) is 0 Å². The Morgan fingerprint density at radius 3 is 2.27 bits per heavy atom. The molecule has 8 N–H and O–H groups in total. The van der Waals surface area contributed by atoms with E-state index in [1.54, 1.807) is 0 Å². The van der Waals surface area contributed by atoms with Crippen LogP contribution < -0.4 is 9.47 Å². The first-order chi connectivity index (χ1) is 15.7. The van der Waals surface area contributed by atoms with E-state index in [-0.39, 0.29) is 29.2 Å². The summed E-state index contributed by atoms with van der Waals surface area (Å²) in [7, 11) is 0. The van der Waals surface area contributed by atoms with Crippen LogP contribution in [0.5, 0.6) is 23.0 Å². The lowest BCUT2D eigenvalue weighted by molar-refractivity contribution is -0.277. The minimum Gasteiger partial charge on any atom is -0.508 e.